The maximum absolute atomic E-state index is 5.86. The van der Waals surface area contributed by atoms with Crippen molar-refractivity contribution in [1.82, 2.24) is 15.1 Å². The molecule has 18 heavy (non-hydrogen) atoms. The molecule has 4 nitrogen and oxygen atoms in total. The van der Waals surface area contributed by atoms with Gasteiger partial charge in [0.25, 0.3) is 0 Å². The summed E-state index contributed by atoms with van der Waals surface area (Å²) in [5.74, 6) is 0. The monoisotopic (exact) mass is 251 g/mol. The number of nitrogens with zero attached hydrogens (tertiary/aromatic N) is 2. The maximum atomic E-state index is 5.86. The summed E-state index contributed by atoms with van der Waals surface area (Å²) in [6, 6.07) is 2.07. The molecule has 0 aliphatic heterocycles. The molecule has 0 spiro atoms. The lowest BCUT2D eigenvalue weighted by atomic mass is 9.98. The highest BCUT2D eigenvalue weighted by molar-refractivity contribution is 5.00. The smallest absolute Gasteiger partial charge is 0.0594 e. The fourth-order valence-electron chi connectivity index (χ4n) is 2.52. The average molecular weight is 251 g/mol. The molecular formula is C14H25N3O. The Bertz CT molecular complexity index is 332. The van der Waals surface area contributed by atoms with E-state index in [1.165, 1.54) is 37.8 Å². The molecule has 1 aliphatic carbocycles. The molecule has 0 unspecified atom stereocenters. The lowest BCUT2D eigenvalue weighted by molar-refractivity contribution is 0.0304. The molecule has 0 aromatic carbocycles. The van der Waals surface area contributed by atoms with Crippen LogP contribution in [0.25, 0.3) is 0 Å². The minimum Gasteiger partial charge on any atom is -0.377 e. The van der Waals surface area contributed by atoms with Gasteiger partial charge in [0.15, 0.2) is 0 Å². The number of nitrogens with one attached hydrogen (secondary N) is 1. The summed E-state index contributed by atoms with van der Waals surface area (Å²) in [6.45, 7) is 2.79. The third-order valence-corrected chi connectivity index (χ3v) is 3.66. The van der Waals surface area contributed by atoms with Crippen molar-refractivity contribution in [2.45, 2.75) is 44.6 Å². The van der Waals surface area contributed by atoms with E-state index < -0.39 is 0 Å². The zero-order valence-corrected chi connectivity index (χ0v) is 11.4. The van der Waals surface area contributed by atoms with Crippen LogP contribution in [0, 0.1) is 0 Å². The lowest BCUT2D eigenvalue weighted by Gasteiger charge is -2.22. The molecule has 1 saturated carbocycles. The van der Waals surface area contributed by atoms with E-state index in [1.807, 2.05) is 17.9 Å². The van der Waals surface area contributed by atoms with Gasteiger partial charge in [-0.15, -0.1) is 0 Å². The first-order valence-corrected chi connectivity index (χ1v) is 7.15. The SMILES string of the molecule is Cn1nccc1CCNCCOC1CCCCC1. The molecule has 2 rings (SSSR count). The summed E-state index contributed by atoms with van der Waals surface area (Å²) in [7, 11) is 1.99. The molecule has 1 heterocycles. The van der Waals surface area contributed by atoms with Crippen molar-refractivity contribution in [3.05, 3.63) is 18.0 Å². The van der Waals surface area contributed by atoms with Gasteiger partial charge in [0.1, 0.15) is 0 Å². The van der Waals surface area contributed by atoms with Crippen LogP contribution in [0.4, 0.5) is 0 Å². The van der Waals surface area contributed by atoms with E-state index in [9.17, 15) is 0 Å². The minimum atomic E-state index is 0.526. The standard InChI is InChI=1S/C14H25N3O/c1-17-13(8-10-16-17)7-9-15-11-12-18-14-5-3-2-4-6-14/h8,10,14-15H,2-7,9,11-12H2,1H3. The molecule has 4 heteroatoms. The van der Waals surface area contributed by atoms with E-state index in [0.717, 1.165) is 26.1 Å². The largest absolute Gasteiger partial charge is 0.377 e. The number of rotatable bonds is 7. The summed E-state index contributed by atoms with van der Waals surface area (Å²) in [4.78, 5) is 0. The second-order valence-corrected chi connectivity index (χ2v) is 5.08. The Morgan fingerprint density at radius 3 is 2.89 bits per heavy atom. The zero-order valence-electron chi connectivity index (χ0n) is 11.4. The van der Waals surface area contributed by atoms with Crippen LogP contribution < -0.4 is 5.32 Å². The van der Waals surface area contributed by atoms with Crippen molar-refractivity contribution in [3.63, 3.8) is 0 Å². The van der Waals surface area contributed by atoms with E-state index in [-0.39, 0.29) is 0 Å². The summed E-state index contributed by atoms with van der Waals surface area (Å²) < 4.78 is 7.79. The van der Waals surface area contributed by atoms with Crippen molar-refractivity contribution >= 4 is 0 Å². The van der Waals surface area contributed by atoms with E-state index in [2.05, 4.69) is 16.5 Å². The third kappa shape index (κ3) is 4.42. The Labute approximate surface area is 110 Å². The van der Waals surface area contributed by atoms with Crippen molar-refractivity contribution in [3.8, 4) is 0 Å². The molecule has 1 aliphatic rings. The predicted molar refractivity (Wildman–Crippen MR) is 72.6 cm³/mol. The molecule has 1 aromatic heterocycles. The minimum absolute atomic E-state index is 0.526. The molecule has 102 valence electrons. The molecule has 0 amide bonds. The van der Waals surface area contributed by atoms with Crippen LogP contribution in [-0.2, 0) is 18.2 Å². The molecule has 1 N–H and O–H groups in total. The zero-order chi connectivity index (χ0) is 12.6. The molecule has 0 radical (unpaired) electrons. The summed E-state index contributed by atoms with van der Waals surface area (Å²) in [5.41, 5.74) is 1.27. The summed E-state index contributed by atoms with van der Waals surface area (Å²) >= 11 is 0. The van der Waals surface area contributed by atoms with Gasteiger partial charge in [-0.25, -0.2) is 0 Å². The number of hydrogen-bond acceptors (Lipinski definition) is 3. The van der Waals surface area contributed by atoms with E-state index in [1.54, 1.807) is 0 Å². The Balaban J connectivity index is 1.47. The second kappa shape index (κ2) is 7.54. The van der Waals surface area contributed by atoms with E-state index in [0.29, 0.717) is 6.10 Å². The Morgan fingerprint density at radius 1 is 1.33 bits per heavy atom. The molecule has 1 fully saturated rings. The van der Waals surface area contributed by atoms with Gasteiger partial charge in [0.2, 0.25) is 0 Å². The highest BCUT2D eigenvalue weighted by atomic mass is 16.5. The topological polar surface area (TPSA) is 39.1 Å². The quantitative estimate of drug-likeness (QED) is 0.752. The van der Waals surface area contributed by atoms with Crippen LogP contribution in [0.1, 0.15) is 37.8 Å². The Hall–Kier alpha value is -0.870. The van der Waals surface area contributed by atoms with E-state index >= 15 is 0 Å². The molecule has 0 atom stereocenters. The summed E-state index contributed by atoms with van der Waals surface area (Å²) in [6.07, 6.45) is 10.0. The number of aryl methyl sites for hydroxylation is 1. The highest BCUT2D eigenvalue weighted by Crippen LogP contribution is 2.19. The van der Waals surface area contributed by atoms with Gasteiger partial charge in [-0.2, -0.15) is 5.10 Å². The van der Waals surface area contributed by atoms with Gasteiger partial charge in [-0.05, 0) is 18.9 Å². The average Bonchev–Trinajstić information content (AvgIpc) is 2.81. The van der Waals surface area contributed by atoms with Crippen LogP contribution in [0.5, 0.6) is 0 Å². The lowest BCUT2D eigenvalue weighted by Crippen LogP contribution is -2.26. The van der Waals surface area contributed by atoms with Crippen molar-refractivity contribution < 1.29 is 4.74 Å². The number of aromatic nitrogens is 2. The first kappa shape index (κ1) is 13.6. The van der Waals surface area contributed by atoms with Crippen molar-refractivity contribution in [2.75, 3.05) is 19.7 Å². The van der Waals surface area contributed by atoms with Crippen LogP contribution in [0.3, 0.4) is 0 Å². The van der Waals surface area contributed by atoms with Crippen LogP contribution in [0.15, 0.2) is 12.3 Å². The molecule has 1 aromatic rings. The van der Waals surface area contributed by atoms with Crippen LogP contribution >= 0.6 is 0 Å². The first-order chi connectivity index (χ1) is 8.86. The van der Waals surface area contributed by atoms with Crippen LogP contribution in [0.2, 0.25) is 0 Å². The highest BCUT2D eigenvalue weighted by Gasteiger charge is 2.12. The normalized spacial score (nSPS) is 17.2. The Morgan fingerprint density at radius 2 is 2.17 bits per heavy atom. The fourth-order valence-corrected chi connectivity index (χ4v) is 2.52. The maximum Gasteiger partial charge on any atom is 0.0594 e. The van der Waals surface area contributed by atoms with Gasteiger partial charge < -0.3 is 10.1 Å². The van der Waals surface area contributed by atoms with Gasteiger partial charge in [0.05, 0.1) is 12.7 Å². The molecular weight excluding hydrogens is 226 g/mol. The first-order valence-electron chi connectivity index (χ1n) is 7.15. The van der Waals surface area contributed by atoms with Gasteiger partial charge in [-0.1, -0.05) is 19.3 Å². The number of ether oxygens (including phenoxy) is 1. The van der Waals surface area contributed by atoms with Crippen molar-refractivity contribution in [1.29, 1.82) is 0 Å². The molecule has 0 bridgehead atoms. The number of hydrogen-bond donors (Lipinski definition) is 1. The van der Waals surface area contributed by atoms with E-state index in [4.69, 9.17) is 4.74 Å². The van der Waals surface area contributed by atoms with Gasteiger partial charge in [0, 0.05) is 38.4 Å². The van der Waals surface area contributed by atoms with Gasteiger partial charge >= 0.3 is 0 Å². The van der Waals surface area contributed by atoms with Crippen molar-refractivity contribution in [2.24, 2.45) is 7.05 Å². The van der Waals surface area contributed by atoms with Gasteiger partial charge in [-0.3, -0.25) is 4.68 Å². The fraction of sp³-hybridized carbons (Fsp3) is 0.786. The third-order valence-electron chi connectivity index (χ3n) is 3.66. The Kier molecular flexibility index (Phi) is 5.68. The molecule has 0 saturated heterocycles. The predicted octanol–water partition coefficient (Wildman–Crippen LogP) is 1.90. The second-order valence-electron chi connectivity index (χ2n) is 5.08. The van der Waals surface area contributed by atoms with Crippen LogP contribution in [-0.4, -0.2) is 35.6 Å². The summed E-state index contributed by atoms with van der Waals surface area (Å²) in [5, 5.41) is 7.58.